The van der Waals surface area contributed by atoms with Crippen LogP contribution in [0.25, 0.3) is 0 Å². The molecule has 0 radical (unpaired) electrons. The maximum absolute atomic E-state index is 11.3. The van der Waals surface area contributed by atoms with Gasteiger partial charge in [-0.05, 0) is 19.3 Å². The predicted molar refractivity (Wildman–Crippen MR) is 60.8 cm³/mol. The van der Waals surface area contributed by atoms with Crippen molar-refractivity contribution < 1.29 is 19.1 Å². The molecule has 0 bridgehead atoms. The molecule has 0 aliphatic heterocycles. The summed E-state index contributed by atoms with van der Waals surface area (Å²) in [5.41, 5.74) is -0.404. The van der Waals surface area contributed by atoms with Crippen molar-refractivity contribution in [1.82, 2.24) is 0 Å². The fourth-order valence-corrected chi connectivity index (χ4v) is 1.13. The minimum atomic E-state index is -0.404. The lowest BCUT2D eigenvalue weighted by atomic mass is 9.89. The van der Waals surface area contributed by atoms with Crippen molar-refractivity contribution in [2.75, 3.05) is 13.2 Å². The number of esters is 2. The van der Waals surface area contributed by atoms with Crippen LogP contribution in [0.15, 0.2) is 12.2 Å². The van der Waals surface area contributed by atoms with Crippen LogP contribution in [0.1, 0.15) is 34.1 Å². The van der Waals surface area contributed by atoms with Crippen LogP contribution in [0.2, 0.25) is 0 Å². The monoisotopic (exact) mass is 228 g/mol. The van der Waals surface area contributed by atoms with Gasteiger partial charge in [0.25, 0.3) is 0 Å². The number of hydrogen-bond acceptors (Lipinski definition) is 4. The number of carbonyl (C=O) groups excluding carboxylic acids is 2. The Morgan fingerprint density at radius 2 is 1.69 bits per heavy atom. The van der Waals surface area contributed by atoms with E-state index in [2.05, 4.69) is 0 Å². The van der Waals surface area contributed by atoms with Gasteiger partial charge in [-0.3, -0.25) is 4.79 Å². The van der Waals surface area contributed by atoms with E-state index in [4.69, 9.17) is 9.47 Å². The average Bonchev–Trinajstić information content (AvgIpc) is 2.15. The molecular formula is C12H20O4. The Kier molecular flexibility index (Phi) is 6.46. The summed E-state index contributed by atoms with van der Waals surface area (Å²) in [6, 6.07) is 0. The minimum Gasteiger partial charge on any atom is -0.466 e. The Balaban J connectivity index is 4.22. The molecule has 4 nitrogen and oxygen atoms in total. The van der Waals surface area contributed by atoms with Crippen molar-refractivity contribution in [2.24, 2.45) is 5.41 Å². The van der Waals surface area contributed by atoms with E-state index in [0.29, 0.717) is 13.2 Å². The molecule has 0 aromatic rings. The van der Waals surface area contributed by atoms with Gasteiger partial charge < -0.3 is 9.47 Å². The summed E-state index contributed by atoms with van der Waals surface area (Å²) < 4.78 is 9.59. The Bertz CT molecular complexity index is 266. The van der Waals surface area contributed by atoms with Crippen LogP contribution < -0.4 is 0 Å². The van der Waals surface area contributed by atoms with Gasteiger partial charge in [0.1, 0.15) is 0 Å². The molecule has 0 fully saturated rings. The van der Waals surface area contributed by atoms with E-state index in [1.54, 1.807) is 19.9 Å². The smallest absolute Gasteiger partial charge is 0.330 e. The first-order valence-electron chi connectivity index (χ1n) is 5.43. The maximum Gasteiger partial charge on any atom is 0.330 e. The second-order valence-electron chi connectivity index (χ2n) is 4.06. The highest BCUT2D eigenvalue weighted by Gasteiger charge is 2.20. The lowest BCUT2D eigenvalue weighted by Crippen LogP contribution is -2.17. The normalized spacial score (nSPS) is 11.5. The highest BCUT2D eigenvalue weighted by Crippen LogP contribution is 2.22. The summed E-state index contributed by atoms with van der Waals surface area (Å²) in [6.45, 7) is 7.95. The third-order valence-corrected chi connectivity index (χ3v) is 1.86. The van der Waals surface area contributed by atoms with E-state index in [9.17, 15) is 9.59 Å². The molecule has 16 heavy (non-hydrogen) atoms. The fourth-order valence-electron chi connectivity index (χ4n) is 1.13. The molecule has 0 amide bonds. The standard InChI is InChI=1S/C12H20O4/c1-5-15-10(13)7-8-12(3,4)9-11(14)16-6-2/h7-8H,5-6,9H2,1-4H3. The van der Waals surface area contributed by atoms with Crippen molar-refractivity contribution in [1.29, 1.82) is 0 Å². The number of ether oxygens (including phenoxy) is 2. The topological polar surface area (TPSA) is 52.6 Å². The summed E-state index contributed by atoms with van der Waals surface area (Å²) >= 11 is 0. The third kappa shape index (κ3) is 7.04. The van der Waals surface area contributed by atoms with E-state index < -0.39 is 5.41 Å². The van der Waals surface area contributed by atoms with E-state index in [1.165, 1.54) is 6.08 Å². The molecule has 4 heteroatoms. The van der Waals surface area contributed by atoms with Crippen molar-refractivity contribution in [3.05, 3.63) is 12.2 Å². The first-order valence-corrected chi connectivity index (χ1v) is 5.43. The molecule has 0 N–H and O–H groups in total. The quantitative estimate of drug-likeness (QED) is 0.516. The molecule has 0 aromatic heterocycles. The second-order valence-corrected chi connectivity index (χ2v) is 4.06. The van der Waals surface area contributed by atoms with Crippen molar-refractivity contribution in [2.45, 2.75) is 34.1 Å². The molecule has 0 saturated carbocycles. The van der Waals surface area contributed by atoms with E-state index in [0.717, 1.165) is 0 Å². The molecule has 0 aromatic carbocycles. The summed E-state index contributed by atoms with van der Waals surface area (Å²) in [5.74, 6) is -0.652. The molecule has 0 aliphatic rings. The molecule has 0 atom stereocenters. The zero-order valence-corrected chi connectivity index (χ0v) is 10.4. The van der Waals surface area contributed by atoms with Gasteiger partial charge in [-0.15, -0.1) is 0 Å². The van der Waals surface area contributed by atoms with Crippen LogP contribution >= 0.6 is 0 Å². The molecule has 0 unspecified atom stereocenters. The molecule has 0 aliphatic carbocycles. The maximum atomic E-state index is 11.3. The largest absolute Gasteiger partial charge is 0.466 e. The molecule has 0 spiro atoms. The van der Waals surface area contributed by atoms with Gasteiger partial charge in [0.15, 0.2) is 0 Å². The van der Waals surface area contributed by atoms with E-state index >= 15 is 0 Å². The summed E-state index contributed by atoms with van der Waals surface area (Å²) in [6.07, 6.45) is 3.27. The first-order chi connectivity index (χ1) is 7.41. The third-order valence-electron chi connectivity index (χ3n) is 1.86. The van der Waals surface area contributed by atoms with Crippen LogP contribution in [0.4, 0.5) is 0 Å². The SMILES string of the molecule is CCOC(=O)C=CC(C)(C)CC(=O)OCC. The highest BCUT2D eigenvalue weighted by molar-refractivity contribution is 5.82. The lowest BCUT2D eigenvalue weighted by Gasteiger charge is -2.18. The molecule has 92 valence electrons. The molecular weight excluding hydrogens is 208 g/mol. The average molecular weight is 228 g/mol. The number of carbonyl (C=O) groups is 2. The fraction of sp³-hybridized carbons (Fsp3) is 0.667. The summed E-state index contributed by atoms with van der Waals surface area (Å²) in [5, 5.41) is 0. The van der Waals surface area contributed by atoms with Crippen LogP contribution in [-0.2, 0) is 19.1 Å². The molecule has 0 rings (SSSR count). The number of allylic oxidation sites excluding steroid dienone is 1. The van der Waals surface area contributed by atoms with Gasteiger partial charge >= 0.3 is 11.9 Å². The van der Waals surface area contributed by atoms with Crippen molar-refractivity contribution >= 4 is 11.9 Å². The summed E-state index contributed by atoms with van der Waals surface area (Å²) in [7, 11) is 0. The van der Waals surface area contributed by atoms with Gasteiger partial charge in [-0.25, -0.2) is 4.79 Å². The minimum absolute atomic E-state index is 0.247. The predicted octanol–water partition coefficient (Wildman–Crippen LogP) is 2.09. The van der Waals surface area contributed by atoms with Crippen LogP contribution in [0.3, 0.4) is 0 Å². The van der Waals surface area contributed by atoms with E-state index in [-0.39, 0.29) is 18.4 Å². The highest BCUT2D eigenvalue weighted by atomic mass is 16.5. The Morgan fingerprint density at radius 1 is 1.12 bits per heavy atom. The van der Waals surface area contributed by atoms with Crippen molar-refractivity contribution in [3.63, 3.8) is 0 Å². The molecule has 0 heterocycles. The Labute approximate surface area is 96.6 Å². The Hall–Kier alpha value is -1.32. The van der Waals surface area contributed by atoms with Crippen LogP contribution in [0.5, 0.6) is 0 Å². The zero-order chi connectivity index (χ0) is 12.6. The van der Waals surface area contributed by atoms with Gasteiger partial charge in [0, 0.05) is 6.08 Å². The lowest BCUT2D eigenvalue weighted by molar-refractivity contribution is -0.145. The molecule has 0 saturated heterocycles. The van der Waals surface area contributed by atoms with Crippen LogP contribution in [-0.4, -0.2) is 25.2 Å². The number of hydrogen-bond donors (Lipinski definition) is 0. The van der Waals surface area contributed by atoms with Crippen LogP contribution in [0, 0.1) is 5.41 Å². The first kappa shape index (κ1) is 14.7. The van der Waals surface area contributed by atoms with Gasteiger partial charge in [-0.2, -0.15) is 0 Å². The van der Waals surface area contributed by atoms with Gasteiger partial charge in [0.05, 0.1) is 19.6 Å². The van der Waals surface area contributed by atoms with Gasteiger partial charge in [0.2, 0.25) is 0 Å². The second kappa shape index (κ2) is 7.04. The van der Waals surface area contributed by atoms with E-state index in [1.807, 2.05) is 13.8 Å². The van der Waals surface area contributed by atoms with Gasteiger partial charge in [-0.1, -0.05) is 19.9 Å². The zero-order valence-electron chi connectivity index (χ0n) is 10.4. The number of rotatable bonds is 6. The Morgan fingerprint density at radius 3 is 2.19 bits per heavy atom. The van der Waals surface area contributed by atoms with Crippen molar-refractivity contribution in [3.8, 4) is 0 Å². The summed E-state index contributed by atoms with van der Waals surface area (Å²) in [4.78, 5) is 22.3.